The summed E-state index contributed by atoms with van der Waals surface area (Å²) in [4.78, 5) is 12.7. The number of allylic oxidation sites excluding steroid dienone is 1. The minimum atomic E-state index is 0.167. The molecule has 22 heavy (non-hydrogen) atoms. The number of rotatable bonds is 5. The summed E-state index contributed by atoms with van der Waals surface area (Å²) in [7, 11) is 2.08. The van der Waals surface area contributed by atoms with Gasteiger partial charge in [-0.1, -0.05) is 18.2 Å². The molecule has 0 bridgehead atoms. The number of nitrogens with zero attached hydrogens (tertiary/aromatic N) is 1. The van der Waals surface area contributed by atoms with E-state index in [2.05, 4.69) is 42.1 Å². The first-order valence-electron chi connectivity index (χ1n) is 7.45. The summed E-state index contributed by atoms with van der Waals surface area (Å²) in [5.41, 5.74) is 3.52. The summed E-state index contributed by atoms with van der Waals surface area (Å²) >= 11 is 3.35. The van der Waals surface area contributed by atoms with Gasteiger partial charge in [0.1, 0.15) is 0 Å². The molecule has 0 saturated heterocycles. The second kappa shape index (κ2) is 6.17. The third-order valence-corrected chi connectivity index (χ3v) is 6.85. The number of thioether (sulfide) groups is 2. The summed E-state index contributed by atoms with van der Waals surface area (Å²) in [6.07, 6.45) is 7.27. The molecule has 116 valence electrons. The SMILES string of the molecule is CSC(SC)=C(C)C(=O)[C@@H]1CC1c1cn(C)c2ccccc12. The van der Waals surface area contributed by atoms with E-state index in [4.69, 9.17) is 0 Å². The zero-order valence-corrected chi connectivity index (χ0v) is 15.1. The fraction of sp³-hybridized carbons (Fsp3) is 0.389. The monoisotopic (exact) mass is 331 g/mol. The van der Waals surface area contributed by atoms with E-state index in [0.29, 0.717) is 11.7 Å². The Kier molecular flexibility index (Phi) is 4.42. The lowest BCUT2D eigenvalue weighted by Crippen LogP contribution is -2.05. The van der Waals surface area contributed by atoms with Crippen molar-refractivity contribution in [2.75, 3.05) is 12.5 Å². The summed E-state index contributed by atoms with van der Waals surface area (Å²) in [6, 6.07) is 8.46. The third-order valence-electron chi connectivity index (χ3n) is 4.50. The smallest absolute Gasteiger partial charge is 0.163 e. The maximum atomic E-state index is 12.7. The summed E-state index contributed by atoms with van der Waals surface area (Å²) < 4.78 is 3.32. The van der Waals surface area contributed by atoms with Gasteiger partial charge in [0, 0.05) is 39.9 Å². The number of carbonyl (C=O) groups excluding carboxylic acids is 1. The van der Waals surface area contributed by atoms with Gasteiger partial charge in [0.25, 0.3) is 0 Å². The number of fused-ring (bicyclic) bond motifs is 1. The van der Waals surface area contributed by atoms with Gasteiger partial charge in [-0.3, -0.25) is 4.79 Å². The molecular weight excluding hydrogens is 310 g/mol. The highest BCUT2D eigenvalue weighted by Crippen LogP contribution is 2.51. The van der Waals surface area contributed by atoms with Gasteiger partial charge in [-0.15, -0.1) is 23.5 Å². The molecule has 1 aromatic heterocycles. The van der Waals surface area contributed by atoms with Gasteiger partial charge < -0.3 is 4.57 Å². The molecule has 3 rings (SSSR count). The molecule has 0 amide bonds. The number of para-hydroxylation sites is 1. The topological polar surface area (TPSA) is 22.0 Å². The van der Waals surface area contributed by atoms with E-state index in [1.807, 2.05) is 19.4 Å². The van der Waals surface area contributed by atoms with Crippen LogP contribution in [0.1, 0.15) is 24.8 Å². The van der Waals surface area contributed by atoms with E-state index in [-0.39, 0.29) is 5.92 Å². The molecule has 1 heterocycles. The van der Waals surface area contributed by atoms with Gasteiger partial charge in [0.2, 0.25) is 0 Å². The molecule has 1 fully saturated rings. The number of aromatic nitrogens is 1. The molecule has 2 nitrogen and oxygen atoms in total. The Morgan fingerprint density at radius 3 is 2.59 bits per heavy atom. The molecule has 4 heteroatoms. The van der Waals surface area contributed by atoms with Crippen LogP contribution in [0.25, 0.3) is 10.9 Å². The molecule has 1 aliphatic rings. The van der Waals surface area contributed by atoms with E-state index >= 15 is 0 Å². The van der Waals surface area contributed by atoms with Crippen molar-refractivity contribution in [1.82, 2.24) is 4.57 Å². The van der Waals surface area contributed by atoms with Crippen LogP contribution in [0.4, 0.5) is 0 Å². The number of Topliss-reactive ketones (excluding diaryl/α,β-unsaturated/α-hetero) is 1. The minimum Gasteiger partial charge on any atom is -0.350 e. The molecule has 0 N–H and O–H groups in total. The average molecular weight is 332 g/mol. The van der Waals surface area contributed by atoms with Crippen LogP contribution in [0.2, 0.25) is 0 Å². The fourth-order valence-corrected chi connectivity index (χ4v) is 4.75. The highest BCUT2D eigenvalue weighted by Gasteiger charge is 2.45. The van der Waals surface area contributed by atoms with E-state index in [1.54, 1.807) is 23.5 Å². The first-order chi connectivity index (χ1) is 10.6. The van der Waals surface area contributed by atoms with Crippen molar-refractivity contribution < 1.29 is 4.79 Å². The number of hydrogen-bond donors (Lipinski definition) is 0. The van der Waals surface area contributed by atoms with Gasteiger partial charge in [0.15, 0.2) is 5.78 Å². The van der Waals surface area contributed by atoms with Crippen LogP contribution in [-0.2, 0) is 11.8 Å². The second-order valence-corrected chi connectivity index (χ2v) is 7.74. The maximum Gasteiger partial charge on any atom is 0.163 e. The van der Waals surface area contributed by atoms with Gasteiger partial charge in [-0.2, -0.15) is 0 Å². The van der Waals surface area contributed by atoms with Crippen molar-refractivity contribution in [3.63, 3.8) is 0 Å². The molecule has 2 aromatic rings. The van der Waals surface area contributed by atoms with E-state index in [0.717, 1.165) is 16.2 Å². The van der Waals surface area contributed by atoms with Crippen LogP contribution in [0.15, 0.2) is 40.3 Å². The predicted octanol–water partition coefficient (Wildman–Crippen LogP) is 4.81. The Bertz CT molecular complexity index is 754. The van der Waals surface area contributed by atoms with Crippen molar-refractivity contribution >= 4 is 40.2 Å². The van der Waals surface area contributed by atoms with Gasteiger partial charge in [-0.05, 0) is 43.4 Å². The minimum absolute atomic E-state index is 0.167. The van der Waals surface area contributed by atoms with Crippen LogP contribution in [0.3, 0.4) is 0 Å². The first-order valence-corrected chi connectivity index (χ1v) is 9.90. The number of aryl methyl sites for hydroxylation is 1. The lowest BCUT2D eigenvalue weighted by molar-refractivity contribution is -0.116. The summed E-state index contributed by atoms with van der Waals surface area (Å²) in [5.74, 6) is 0.884. The van der Waals surface area contributed by atoms with Gasteiger partial charge in [0.05, 0.1) is 0 Å². The van der Waals surface area contributed by atoms with Crippen LogP contribution in [-0.4, -0.2) is 22.9 Å². The first kappa shape index (κ1) is 15.8. The Balaban J connectivity index is 1.88. The maximum absolute atomic E-state index is 12.7. The molecule has 2 atom stereocenters. The lowest BCUT2D eigenvalue weighted by atomic mass is 10.0. The Labute approximate surface area is 140 Å². The van der Waals surface area contributed by atoms with Crippen molar-refractivity contribution in [3.05, 3.63) is 45.8 Å². The Hall–Kier alpha value is -1.13. The van der Waals surface area contributed by atoms with Crippen LogP contribution >= 0.6 is 23.5 Å². The van der Waals surface area contributed by atoms with E-state index < -0.39 is 0 Å². The Morgan fingerprint density at radius 2 is 1.91 bits per heavy atom. The molecular formula is C18H21NOS2. The number of benzene rings is 1. The standard InChI is InChI=1S/C18H21NOS2/c1-11(18(21-3)22-4)17(20)14-9-13(14)15-10-19(2)16-8-6-5-7-12(15)16/h5-8,10,13-14H,9H2,1-4H3/t13?,14-/m1/s1. The zero-order valence-electron chi connectivity index (χ0n) is 13.4. The lowest BCUT2D eigenvalue weighted by Gasteiger charge is -2.06. The largest absolute Gasteiger partial charge is 0.350 e. The molecule has 0 aliphatic heterocycles. The number of carbonyl (C=O) groups is 1. The number of hydrogen-bond acceptors (Lipinski definition) is 3. The molecule has 0 radical (unpaired) electrons. The van der Waals surface area contributed by atoms with E-state index in [1.165, 1.54) is 16.5 Å². The van der Waals surface area contributed by atoms with Crippen LogP contribution in [0, 0.1) is 5.92 Å². The van der Waals surface area contributed by atoms with Crippen LogP contribution < -0.4 is 0 Å². The summed E-state index contributed by atoms with van der Waals surface area (Å²) in [6.45, 7) is 1.98. The van der Waals surface area contributed by atoms with Gasteiger partial charge >= 0.3 is 0 Å². The molecule has 1 unspecified atom stereocenters. The molecule has 0 spiro atoms. The number of ketones is 1. The highest BCUT2D eigenvalue weighted by molar-refractivity contribution is 8.21. The third kappa shape index (κ3) is 2.63. The zero-order chi connectivity index (χ0) is 15.9. The fourth-order valence-electron chi connectivity index (χ4n) is 3.27. The normalized spacial score (nSPS) is 20.2. The molecule has 1 saturated carbocycles. The van der Waals surface area contributed by atoms with Crippen molar-refractivity contribution in [2.24, 2.45) is 13.0 Å². The Morgan fingerprint density at radius 1 is 1.23 bits per heavy atom. The summed E-state index contributed by atoms with van der Waals surface area (Å²) in [5, 5.41) is 1.29. The van der Waals surface area contributed by atoms with Crippen molar-refractivity contribution in [1.29, 1.82) is 0 Å². The average Bonchev–Trinajstić information content (AvgIpc) is 3.26. The quantitative estimate of drug-likeness (QED) is 0.734. The van der Waals surface area contributed by atoms with Crippen LogP contribution in [0.5, 0.6) is 0 Å². The van der Waals surface area contributed by atoms with E-state index in [9.17, 15) is 4.79 Å². The molecule has 1 aromatic carbocycles. The van der Waals surface area contributed by atoms with Crippen molar-refractivity contribution in [2.45, 2.75) is 19.3 Å². The van der Waals surface area contributed by atoms with Crippen molar-refractivity contribution in [3.8, 4) is 0 Å². The van der Waals surface area contributed by atoms with Gasteiger partial charge in [-0.25, -0.2) is 0 Å². The second-order valence-electron chi connectivity index (χ2n) is 5.85. The predicted molar refractivity (Wildman–Crippen MR) is 98.5 cm³/mol. The highest BCUT2D eigenvalue weighted by atomic mass is 32.2. The molecule has 1 aliphatic carbocycles.